The number of thiophene rings is 1. The highest BCUT2D eigenvalue weighted by atomic mass is 32.1. The molecule has 2 aromatic heterocycles. The van der Waals surface area contributed by atoms with Crippen LogP contribution in [0.15, 0.2) is 91.0 Å². The predicted octanol–water partition coefficient (Wildman–Crippen LogP) is 8.35. The van der Waals surface area contributed by atoms with Gasteiger partial charge in [-0.15, -0.1) is 21.5 Å². The number of fused-ring (bicyclic) bond motifs is 3. The molecule has 0 aliphatic heterocycles. The first-order valence-corrected chi connectivity index (χ1v) is 11.1. The second-order valence-corrected chi connectivity index (χ2v) is 8.95. The molecule has 0 spiro atoms. The number of nitrogens with zero attached hydrogens (tertiary/aromatic N) is 2. The summed E-state index contributed by atoms with van der Waals surface area (Å²) in [4.78, 5) is 0.972. The summed E-state index contributed by atoms with van der Waals surface area (Å²) >= 11 is 1.63. The molecule has 0 aliphatic rings. The topological polar surface area (TPSA) is 25.8 Å². The van der Waals surface area contributed by atoms with Crippen LogP contribution in [-0.2, 0) is 6.18 Å². The molecule has 2 heterocycles. The van der Waals surface area contributed by atoms with Crippen LogP contribution in [0, 0.1) is 0 Å². The second kappa shape index (κ2) is 7.39. The van der Waals surface area contributed by atoms with E-state index >= 15 is 0 Å². The summed E-state index contributed by atoms with van der Waals surface area (Å²) in [6.07, 6.45) is -4.43. The highest BCUT2D eigenvalue weighted by Crippen LogP contribution is 2.40. The largest absolute Gasteiger partial charge is 0.416 e. The number of rotatable bonds is 2. The Morgan fingerprint density at radius 3 is 1.94 bits per heavy atom. The highest BCUT2D eigenvalue weighted by molar-refractivity contribution is 7.22. The summed E-state index contributed by atoms with van der Waals surface area (Å²) in [7, 11) is 0. The molecule has 0 saturated heterocycles. The Balaban J connectivity index is 1.65. The average molecular weight is 456 g/mol. The van der Waals surface area contributed by atoms with E-state index in [9.17, 15) is 13.2 Å². The molecule has 0 N–H and O–H groups in total. The van der Waals surface area contributed by atoms with E-state index in [1.165, 1.54) is 6.07 Å². The zero-order chi connectivity index (χ0) is 22.6. The van der Waals surface area contributed by atoms with Gasteiger partial charge in [0.1, 0.15) is 11.4 Å². The summed E-state index contributed by atoms with van der Waals surface area (Å²) in [6.45, 7) is 0. The summed E-state index contributed by atoms with van der Waals surface area (Å²) in [5.41, 5.74) is 0.851. The van der Waals surface area contributed by atoms with Gasteiger partial charge in [-0.05, 0) is 52.6 Å². The predicted molar refractivity (Wildman–Crippen MR) is 128 cm³/mol. The Kier molecular flexibility index (Phi) is 4.45. The van der Waals surface area contributed by atoms with E-state index in [2.05, 4.69) is 34.5 Å². The maximum Gasteiger partial charge on any atom is 0.416 e. The van der Waals surface area contributed by atoms with E-state index in [0.717, 1.165) is 54.3 Å². The molecule has 0 atom stereocenters. The number of alkyl halides is 3. The van der Waals surface area contributed by atoms with E-state index < -0.39 is 11.7 Å². The molecule has 0 unspecified atom stereocenters. The van der Waals surface area contributed by atoms with Gasteiger partial charge in [-0.25, -0.2) is 0 Å². The van der Waals surface area contributed by atoms with Crippen molar-refractivity contribution in [3.63, 3.8) is 0 Å². The minimum atomic E-state index is -4.43. The number of hydrogen-bond acceptors (Lipinski definition) is 3. The van der Waals surface area contributed by atoms with E-state index in [1.54, 1.807) is 17.4 Å². The maximum absolute atomic E-state index is 13.4. The van der Waals surface area contributed by atoms with Crippen molar-refractivity contribution >= 4 is 43.0 Å². The van der Waals surface area contributed by atoms with E-state index in [4.69, 9.17) is 0 Å². The molecule has 6 heteroatoms. The van der Waals surface area contributed by atoms with Crippen molar-refractivity contribution < 1.29 is 13.2 Å². The molecule has 0 saturated carbocycles. The molecule has 0 fully saturated rings. The van der Waals surface area contributed by atoms with Crippen LogP contribution in [0.4, 0.5) is 13.2 Å². The number of halogens is 3. The van der Waals surface area contributed by atoms with Gasteiger partial charge < -0.3 is 0 Å². The van der Waals surface area contributed by atoms with Gasteiger partial charge in [0.05, 0.1) is 10.4 Å². The second-order valence-electron chi connectivity index (χ2n) is 7.87. The van der Waals surface area contributed by atoms with Crippen LogP contribution < -0.4 is 0 Å². The summed E-state index contributed by atoms with van der Waals surface area (Å²) < 4.78 is 41.2. The Hall–Kier alpha value is -3.77. The van der Waals surface area contributed by atoms with Crippen LogP contribution in [0.2, 0.25) is 0 Å². The lowest BCUT2D eigenvalue weighted by Gasteiger charge is -2.12. The molecule has 0 bridgehead atoms. The van der Waals surface area contributed by atoms with Crippen molar-refractivity contribution in [1.29, 1.82) is 0 Å². The van der Waals surface area contributed by atoms with Crippen LogP contribution in [0.3, 0.4) is 0 Å². The molecule has 33 heavy (non-hydrogen) atoms. The Morgan fingerprint density at radius 1 is 0.606 bits per heavy atom. The monoisotopic (exact) mass is 456 g/mol. The summed E-state index contributed by atoms with van der Waals surface area (Å²) in [5.74, 6) is 0. The third kappa shape index (κ3) is 3.43. The average Bonchev–Trinajstić information content (AvgIpc) is 3.26. The van der Waals surface area contributed by atoms with Crippen molar-refractivity contribution in [2.45, 2.75) is 6.18 Å². The first kappa shape index (κ1) is 19.9. The quantitative estimate of drug-likeness (QED) is 0.245. The number of hydrogen-bond donors (Lipinski definition) is 0. The van der Waals surface area contributed by atoms with E-state index in [1.807, 2.05) is 42.5 Å². The zero-order valence-electron chi connectivity index (χ0n) is 17.1. The molecule has 6 aromatic rings. The van der Waals surface area contributed by atoms with Gasteiger partial charge in [-0.3, -0.25) is 0 Å². The molecule has 0 amide bonds. The smallest absolute Gasteiger partial charge is 0.166 e. The lowest BCUT2D eigenvalue weighted by Crippen LogP contribution is -2.05. The fourth-order valence-corrected chi connectivity index (χ4v) is 5.24. The first-order chi connectivity index (χ1) is 16.0. The molecule has 160 valence electrons. The fraction of sp³-hybridized carbons (Fsp3) is 0.0370. The summed E-state index contributed by atoms with van der Waals surface area (Å²) in [6, 6.07) is 27.4. The lowest BCUT2D eigenvalue weighted by molar-refractivity contribution is -0.137. The number of benzene rings is 4. The van der Waals surface area contributed by atoms with Crippen LogP contribution in [0.5, 0.6) is 0 Å². The normalized spacial score (nSPS) is 12.1. The van der Waals surface area contributed by atoms with Gasteiger partial charge in [-0.1, -0.05) is 54.6 Å². The Morgan fingerprint density at radius 2 is 1.24 bits per heavy atom. The lowest BCUT2D eigenvalue weighted by atomic mass is 9.98. The molecule has 0 aliphatic carbocycles. The van der Waals surface area contributed by atoms with Crippen molar-refractivity contribution in [3.05, 3.63) is 96.6 Å². The van der Waals surface area contributed by atoms with Gasteiger partial charge in [0, 0.05) is 21.0 Å². The van der Waals surface area contributed by atoms with Crippen LogP contribution in [-0.4, -0.2) is 10.2 Å². The Labute approximate surface area is 191 Å². The minimum absolute atomic E-state index is 0.389. The third-order valence-electron chi connectivity index (χ3n) is 5.77. The first-order valence-electron chi connectivity index (χ1n) is 10.3. The van der Waals surface area contributed by atoms with Crippen molar-refractivity contribution in [3.8, 4) is 21.8 Å². The molecule has 2 nitrogen and oxygen atoms in total. The van der Waals surface area contributed by atoms with Crippen LogP contribution in [0.1, 0.15) is 5.56 Å². The van der Waals surface area contributed by atoms with Gasteiger partial charge >= 0.3 is 6.18 Å². The molecule has 6 rings (SSSR count). The minimum Gasteiger partial charge on any atom is -0.166 e. The molecule has 4 aromatic carbocycles. The number of aromatic nitrogens is 2. The van der Waals surface area contributed by atoms with Gasteiger partial charge in [-0.2, -0.15) is 13.2 Å². The Bertz CT molecular complexity index is 1630. The van der Waals surface area contributed by atoms with Crippen molar-refractivity contribution in [2.75, 3.05) is 0 Å². The van der Waals surface area contributed by atoms with Gasteiger partial charge in [0.2, 0.25) is 0 Å². The van der Waals surface area contributed by atoms with E-state index in [0.29, 0.717) is 11.3 Å². The summed E-state index contributed by atoms with van der Waals surface area (Å²) in [5, 5.41) is 13.8. The standard InChI is InChI=1S/C27H15F3N2S/c28-27(29,30)20-10-5-9-19(12-20)25-21-13-16-6-1-2-7-17(16)14-22(21)26(32-31-25)24-15-18-8-3-4-11-23(18)33-24/h1-15H. The zero-order valence-corrected chi connectivity index (χ0v) is 17.9. The SMILES string of the molecule is FC(F)(F)c1cccc(-c2nnc(-c3cc4ccccc4s3)c3cc4ccccc4cc23)c1. The molecular formula is C27H15F3N2S. The molecule has 0 radical (unpaired) electrons. The molecular weight excluding hydrogens is 441 g/mol. The highest BCUT2D eigenvalue weighted by Gasteiger charge is 2.30. The van der Waals surface area contributed by atoms with Gasteiger partial charge in [0.15, 0.2) is 0 Å². The van der Waals surface area contributed by atoms with Gasteiger partial charge in [0.25, 0.3) is 0 Å². The van der Waals surface area contributed by atoms with E-state index in [-0.39, 0.29) is 0 Å². The third-order valence-corrected chi connectivity index (χ3v) is 6.89. The van der Waals surface area contributed by atoms with Crippen molar-refractivity contribution in [1.82, 2.24) is 10.2 Å². The van der Waals surface area contributed by atoms with Crippen LogP contribution >= 0.6 is 11.3 Å². The maximum atomic E-state index is 13.4. The van der Waals surface area contributed by atoms with Crippen LogP contribution in [0.25, 0.3) is 53.5 Å². The van der Waals surface area contributed by atoms with Crippen molar-refractivity contribution in [2.24, 2.45) is 0 Å². The fourth-order valence-electron chi connectivity index (χ4n) is 4.18.